The highest BCUT2D eigenvalue weighted by molar-refractivity contribution is 7.89. The van der Waals surface area contributed by atoms with Crippen LogP contribution in [0.1, 0.15) is 5.56 Å². The number of piperazine rings is 1. The van der Waals surface area contributed by atoms with E-state index < -0.39 is 53.9 Å². The second-order valence-corrected chi connectivity index (χ2v) is 10.5. The summed E-state index contributed by atoms with van der Waals surface area (Å²) in [6.45, 7) is -0.171. The molecule has 0 aliphatic carbocycles. The molecule has 1 aliphatic rings. The summed E-state index contributed by atoms with van der Waals surface area (Å²) in [7, 11) is -4.08. The van der Waals surface area contributed by atoms with Gasteiger partial charge < -0.3 is 4.90 Å². The summed E-state index contributed by atoms with van der Waals surface area (Å²) in [6.07, 6.45) is -4.91. The molecule has 12 nitrogen and oxygen atoms in total. The summed E-state index contributed by atoms with van der Waals surface area (Å²) in [6, 6.07) is 5.43. The molecule has 36 heavy (non-hydrogen) atoms. The van der Waals surface area contributed by atoms with Crippen molar-refractivity contribution in [3.63, 3.8) is 0 Å². The molecule has 0 N–H and O–H groups in total. The number of hydrogen-bond acceptors (Lipinski definition) is 10. The molecule has 17 heteroatoms. The maximum Gasteiger partial charge on any atom is 0.416 e. The van der Waals surface area contributed by atoms with Crippen LogP contribution < -0.4 is 10.5 Å². The van der Waals surface area contributed by atoms with Crippen LogP contribution in [0.5, 0.6) is 0 Å². The number of halogens is 3. The average molecular weight is 545 g/mol. The van der Waals surface area contributed by atoms with Gasteiger partial charge in [-0.15, -0.1) is 0 Å². The molecule has 2 aromatic carbocycles. The number of hydrogen-bond donors (Lipinski definition) is 0. The van der Waals surface area contributed by atoms with Crippen LogP contribution in [0, 0.1) is 20.2 Å². The van der Waals surface area contributed by atoms with Crippen LogP contribution in [0.3, 0.4) is 0 Å². The Bertz CT molecular complexity index is 1550. The number of anilines is 1. The Balaban J connectivity index is 1.63. The number of benzene rings is 2. The molecule has 0 radical (unpaired) electrons. The summed E-state index contributed by atoms with van der Waals surface area (Å²) >= 11 is 0.655. The topological polar surface area (TPSA) is 157 Å². The third kappa shape index (κ3) is 4.71. The maximum atomic E-state index is 13.1. The van der Waals surface area contributed by atoms with Crippen LogP contribution in [0.25, 0.3) is 10.1 Å². The van der Waals surface area contributed by atoms with Crippen molar-refractivity contribution in [2.24, 2.45) is 0 Å². The van der Waals surface area contributed by atoms with Crippen LogP contribution in [-0.2, 0) is 16.2 Å². The van der Waals surface area contributed by atoms with Gasteiger partial charge in [0.2, 0.25) is 10.0 Å². The smallest absolute Gasteiger partial charge is 0.345 e. The van der Waals surface area contributed by atoms with Gasteiger partial charge in [0.1, 0.15) is 4.70 Å². The van der Waals surface area contributed by atoms with Gasteiger partial charge in [-0.3, -0.25) is 25.0 Å². The van der Waals surface area contributed by atoms with Gasteiger partial charge in [0.15, 0.2) is 5.13 Å². The van der Waals surface area contributed by atoms with Crippen molar-refractivity contribution < 1.29 is 31.4 Å². The lowest BCUT2D eigenvalue weighted by atomic mass is 10.1. The van der Waals surface area contributed by atoms with Gasteiger partial charge in [0, 0.05) is 44.4 Å². The summed E-state index contributed by atoms with van der Waals surface area (Å²) in [4.78, 5) is 38.2. The normalized spacial score (nSPS) is 15.2. The van der Waals surface area contributed by atoms with Crippen molar-refractivity contribution in [1.29, 1.82) is 0 Å². The van der Waals surface area contributed by atoms with E-state index in [2.05, 4.69) is 4.98 Å². The monoisotopic (exact) mass is 545 g/mol. The molecule has 0 spiro atoms. The fourth-order valence-electron chi connectivity index (χ4n) is 3.60. The maximum absolute atomic E-state index is 13.1. The van der Waals surface area contributed by atoms with Crippen LogP contribution in [0.4, 0.5) is 29.7 Å². The van der Waals surface area contributed by atoms with E-state index in [1.165, 1.54) is 17.0 Å². The van der Waals surface area contributed by atoms with E-state index in [4.69, 9.17) is 0 Å². The molecule has 0 unspecified atom stereocenters. The number of non-ortho nitro benzene ring substituents is 2. The number of nitrogens with zero attached hydrogens (tertiary/aromatic N) is 5. The van der Waals surface area contributed by atoms with Crippen molar-refractivity contribution >= 4 is 48.0 Å². The Hall–Kier alpha value is -3.70. The SMILES string of the molecule is O=c1nc(N2CCN(S(=O)(=O)c3cccc([N+](=O)[O-])c3)CC2)sc2c([N+](=O)[O-])cc(C(F)(F)F)cc12. The first-order chi connectivity index (χ1) is 16.8. The summed E-state index contributed by atoms with van der Waals surface area (Å²) in [5.41, 5.74) is -3.72. The minimum absolute atomic E-state index is 0.0109. The average Bonchev–Trinajstić information content (AvgIpc) is 2.82. The van der Waals surface area contributed by atoms with Crippen LogP contribution in [0.2, 0.25) is 0 Å². The number of rotatable bonds is 5. The van der Waals surface area contributed by atoms with Crippen molar-refractivity contribution in [3.05, 3.63) is 72.5 Å². The number of nitro groups is 2. The first-order valence-electron chi connectivity index (χ1n) is 9.99. The molecule has 0 amide bonds. The van der Waals surface area contributed by atoms with E-state index in [1.54, 1.807) is 0 Å². The minimum atomic E-state index is -4.91. The quantitative estimate of drug-likeness (QED) is 0.347. The molecule has 1 fully saturated rings. The lowest BCUT2D eigenvalue weighted by Crippen LogP contribution is -2.49. The molecule has 0 saturated carbocycles. The Labute approximate surface area is 203 Å². The fraction of sp³-hybridized carbons (Fsp3) is 0.263. The van der Waals surface area contributed by atoms with Crippen molar-refractivity contribution in [2.45, 2.75) is 11.1 Å². The summed E-state index contributed by atoms with van der Waals surface area (Å²) in [5, 5.41) is 21.9. The largest absolute Gasteiger partial charge is 0.416 e. The zero-order valence-electron chi connectivity index (χ0n) is 17.8. The molecule has 1 aromatic heterocycles. The standard InChI is InChI=1S/C19H14F3N5O7S2/c20-19(21,22)11-8-14-16(15(9-11)27(31)32)35-18(23-17(14)28)24-4-6-25(7-5-24)36(33,34)13-3-1-2-12(10-13)26(29)30/h1-3,8-10H,4-7H2. The second-order valence-electron chi connectivity index (χ2n) is 7.57. The van der Waals surface area contributed by atoms with Crippen molar-refractivity contribution in [2.75, 3.05) is 31.1 Å². The zero-order chi connectivity index (χ0) is 26.4. The van der Waals surface area contributed by atoms with E-state index >= 15 is 0 Å². The van der Waals surface area contributed by atoms with Crippen molar-refractivity contribution in [1.82, 2.24) is 9.29 Å². The summed E-state index contributed by atoms with van der Waals surface area (Å²) < 4.78 is 66.1. The van der Waals surface area contributed by atoms with Crippen LogP contribution in [-0.4, -0.2) is 53.7 Å². The molecule has 4 rings (SSSR count). The van der Waals surface area contributed by atoms with Gasteiger partial charge >= 0.3 is 6.18 Å². The molecule has 190 valence electrons. The Morgan fingerprint density at radius 2 is 1.67 bits per heavy atom. The van der Waals surface area contributed by atoms with Gasteiger partial charge in [-0.1, -0.05) is 17.4 Å². The van der Waals surface area contributed by atoms with Gasteiger partial charge in [0.05, 0.1) is 25.7 Å². The third-order valence-corrected chi connectivity index (χ3v) is 8.45. The molecular weight excluding hydrogens is 531 g/mol. The zero-order valence-corrected chi connectivity index (χ0v) is 19.5. The number of fused-ring (bicyclic) bond motifs is 1. The Morgan fingerprint density at radius 1 is 1.00 bits per heavy atom. The molecular formula is C19H14F3N5O7S2. The Kier molecular flexibility index (Phi) is 6.40. The third-order valence-electron chi connectivity index (χ3n) is 5.39. The van der Waals surface area contributed by atoms with Crippen molar-refractivity contribution in [3.8, 4) is 0 Å². The highest BCUT2D eigenvalue weighted by Crippen LogP contribution is 2.38. The van der Waals surface area contributed by atoms with Gasteiger partial charge in [-0.25, -0.2) is 8.42 Å². The van der Waals surface area contributed by atoms with Crippen LogP contribution in [0.15, 0.2) is 46.1 Å². The first-order valence-corrected chi connectivity index (χ1v) is 12.2. The lowest BCUT2D eigenvalue weighted by molar-refractivity contribution is -0.385. The highest BCUT2D eigenvalue weighted by Gasteiger charge is 2.35. The minimum Gasteiger partial charge on any atom is -0.345 e. The number of nitro benzene ring substituents is 2. The molecule has 1 saturated heterocycles. The van der Waals surface area contributed by atoms with Gasteiger partial charge in [-0.05, 0) is 12.1 Å². The number of sulfonamides is 1. The first kappa shape index (κ1) is 25.4. The van der Waals surface area contributed by atoms with E-state index in [-0.39, 0.29) is 40.9 Å². The molecule has 0 bridgehead atoms. The molecule has 0 atom stereocenters. The van der Waals surface area contributed by atoms with E-state index in [1.807, 2.05) is 0 Å². The van der Waals surface area contributed by atoms with E-state index in [0.29, 0.717) is 23.5 Å². The van der Waals surface area contributed by atoms with Gasteiger partial charge in [0.25, 0.3) is 16.9 Å². The van der Waals surface area contributed by atoms with Gasteiger partial charge in [-0.2, -0.15) is 22.5 Å². The summed E-state index contributed by atoms with van der Waals surface area (Å²) in [5.74, 6) is 0. The highest BCUT2D eigenvalue weighted by atomic mass is 32.2. The molecule has 1 aliphatic heterocycles. The fourth-order valence-corrected chi connectivity index (χ4v) is 6.18. The van der Waals surface area contributed by atoms with E-state index in [9.17, 15) is 46.6 Å². The molecule has 2 heterocycles. The lowest BCUT2D eigenvalue weighted by Gasteiger charge is -2.34. The molecule has 3 aromatic rings. The predicted molar refractivity (Wildman–Crippen MR) is 122 cm³/mol. The van der Waals surface area contributed by atoms with E-state index in [0.717, 1.165) is 16.4 Å². The Morgan fingerprint density at radius 3 is 2.25 bits per heavy atom. The number of alkyl halides is 3. The number of aromatic nitrogens is 1. The second kappa shape index (κ2) is 9.07. The predicted octanol–water partition coefficient (Wildman–Crippen LogP) is 3.00. The van der Waals surface area contributed by atoms with Crippen LogP contribution >= 0.6 is 11.3 Å².